The number of aliphatic hydroxyl groups is 1. The van der Waals surface area contributed by atoms with E-state index in [2.05, 4.69) is 26.6 Å². The minimum Gasteiger partial charge on any atom is -0.481 e. The zero-order chi connectivity index (χ0) is 80.2. The number of carbonyl (C=O) groups excluding carboxylic acids is 12. The first-order chi connectivity index (χ1) is 49.1. The van der Waals surface area contributed by atoms with E-state index in [-0.39, 0.29) is 43.9 Å². The summed E-state index contributed by atoms with van der Waals surface area (Å²) in [4.78, 5) is 269. The Balaban J connectivity index is 5.25. The molecule has 0 unspecified atom stereocenters. The van der Waals surface area contributed by atoms with Gasteiger partial charge in [0.1, 0.15) is 66.0 Å². The standard InChI is InChI=1S/C65H95N7O33/c1-3-34(48(78)32-73)6-4-5-27-66-49(79)24-17-45(63(100)101)70-52(82)22-9-37(58(90)91)30-40(76)12-15-43(61(96)97)68-51(81)21-8-36(57(88)89)29-41(77)13-16-44(62(98)99)69-54(84)25-19-47(65(104)105)72-55(85)26-18-46(64(102)103)71-53(83)23-10-38(59(92)93)31-39(75)11-14-42(60(94)95)67-50(80)20-7-35(56(86)87)28-33(2)74/h34-38,42-47,73H,3-32H2,1-2H3,(H,66,79)(H,67,80)(H,68,81)(H,69,84)(H,70,82)(H,71,83)(H,72,85)(H,86,87)(H,88,89)(H,90,91)(H,92,93)(H,94,95)(H,96,97)(H,98,99)(H,100,101)(H,102,103)(H,104,105)/t34-,35+,36+,37+,38+,42-,43-,44-,45-,46-,47-/m0/s1. The summed E-state index contributed by atoms with van der Waals surface area (Å²) >= 11 is 0. The van der Waals surface area contributed by atoms with Gasteiger partial charge in [-0.2, -0.15) is 0 Å². The number of Topliss-reactive ketones (excluding diaryl/α,β-unsaturated/α-hetero) is 5. The molecule has 0 aliphatic carbocycles. The van der Waals surface area contributed by atoms with Crippen molar-refractivity contribution in [2.75, 3.05) is 13.2 Å². The fourth-order valence-corrected chi connectivity index (χ4v) is 10.4. The number of nitrogens with one attached hydrogen (secondary N) is 7. The predicted molar refractivity (Wildman–Crippen MR) is 351 cm³/mol. The second-order valence-electron chi connectivity index (χ2n) is 25.0. The first-order valence-electron chi connectivity index (χ1n) is 33.6. The molecule has 0 spiro atoms. The minimum absolute atomic E-state index is 0.216. The van der Waals surface area contributed by atoms with Crippen LogP contribution in [0.25, 0.3) is 0 Å². The van der Waals surface area contributed by atoms with Crippen molar-refractivity contribution < 1.29 is 162 Å². The number of aliphatic carboxylic acids is 10. The lowest BCUT2D eigenvalue weighted by Gasteiger charge is -2.18. The van der Waals surface area contributed by atoms with Gasteiger partial charge in [-0.15, -0.1) is 0 Å². The molecule has 7 amide bonds. The third kappa shape index (κ3) is 42.5. The Kier molecular flexibility index (Phi) is 45.5. The second-order valence-corrected chi connectivity index (χ2v) is 25.0. The SMILES string of the molecule is CC[C@@H](CCCCNC(=O)CC[C@H](NC(=O)CC[C@H](CC(=O)CC[C@H](NC(=O)CC[C@H](CC(=O)CC[C@H](NC(=O)CC[C@H](NC(=O)CC[C@H](NC(=O)CC[C@H](CC(=O)CC[C@H](NC(=O)CC[C@H](CC(C)=O)C(=O)O)C(=O)O)C(=O)O)C(=O)O)C(=O)O)C(=O)O)C(=O)O)C(=O)O)C(=O)O)C(=O)O)C(=O)CO. The molecule has 0 aromatic carbocycles. The number of hydrogen-bond acceptors (Lipinski definition) is 23. The molecule has 0 heterocycles. The Bertz CT molecular complexity index is 3130. The van der Waals surface area contributed by atoms with E-state index in [9.17, 15) is 157 Å². The Morgan fingerprint density at radius 3 is 0.714 bits per heavy atom. The zero-order valence-corrected chi connectivity index (χ0v) is 58.0. The Hall–Kier alpha value is -10.7. The lowest BCUT2D eigenvalue weighted by molar-refractivity contribution is -0.145. The molecule has 0 fully saturated rings. The summed E-state index contributed by atoms with van der Waals surface area (Å²) in [6.07, 6.45) is -12.1. The summed E-state index contributed by atoms with van der Waals surface area (Å²) in [6, 6.07) is -10.5. The fraction of sp³-hybridized carbons (Fsp3) is 0.662. The highest BCUT2D eigenvalue weighted by Crippen LogP contribution is 2.21. The number of ketones is 5. The molecule has 105 heavy (non-hydrogen) atoms. The highest BCUT2D eigenvalue weighted by molar-refractivity contribution is 5.92. The zero-order valence-electron chi connectivity index (χ0n) is 58.0. The second kappa shape index (κ2) is 50.6. The molecule has 40 nitrogen and oxygen atoms in total. The van der Waals surface area contributed by atoms with Crippen molar-refractivity contribution in [2.45, 2.75) is 230 Å². The summed E-state index contributed by atoms with van der Waals surface area (Å²) in [7, 11) is 0. The molecule has 11 atom stereocenters. The maximum Gasteiger partial charge on any atom is 0.326 e. The first kappa shape index (κ1) is 94.3. The van der Waals surface area contributed by atoms with Crippen molar-refractivity contribution >= 4 is 130 Å². The topological polar surface area (TPSA) is 682 Å². The van der Waals surface area contributed by atoms with E-state index in [0.717, 1.165) is 6.92 Å². The van der Waals surface area contributed by atoms with Gasteiger partial charge in [0.15, 0.2) is 5.78 Å². The molecule has 0 bridgehead atoms. The normalized spacial score (nSPS) is 14.1. The highest BCUT2D eigenvalue weighted by atomic mass is 16.4. The minimum atomic E-state index is -1.85. The van der Waals surface area contributed by atoms with Crippen LogP contribution in [0.2, 0.25) is 0 Å². The Labute approximate surface area is 599 Å². The molecule has 588 valence electrons. The summed E-state index contributed by atoms with van der Waals surface area (Å²) in [6.45, 7) is 2.59. The summed E-state index contributed by atoms with van der Waals surface area (Å²) in [5.74, 6) is -32.1. The molecular weight excluding hydrogens is 1410 g/mol. The Morgan fingerprint density at radius 2 is 0.495 bits per heavy atom. The van der Waals surface area contributed by atoms with Gasteiger partial charge < -0.3 is 98.2 Å². The van der Waals surface area contributed by atoms with Gasteiger partial charge in [0.25, 0.3) is 0 Å². The van der Waals surface area contributed by atoms with Crippen LogP contribution in [0.5, 0.6) is 0 Å². The van der Waals surface area contributed by atoms with E-state index in [4.69, 9.17) is 5.11 Å². The van der Waals surface area contributed by atoms with Crippen LogP contribution in [0.4, 0.5) is 0 Å². The van der Waals surface area contributed by atoms with E-state index >= 15 is 0 Å². The molecule has 18 N–H and O–H groups in total. The summed E-state index contributed by atoms with van der Waals surface area (Å²) in [5, 5.41) is 121. The molecular formula is C65H95N7O33. The fourth-order valence-electron chi connectivity index (χ4n) is 10.4. The van der Waals surface area contributed by atoms with E-state index in [1.165, 1.54) is 0 Å². The van der Waals surface area contributed by atoms with Crippen LogP contribution in [0.15, 0.2) is 0 Å². The Morgan fingerprint density at radius 1 is 0.267 bits per heavy atom. The van der Waals surface area contributed by atoms with Crippen molar-refractivity contribution in [3.8, 4) is 0 Å². The third-order valence-electron chi connectivity index (χ3n) is 16.6. The molecule has 0 aliphatic rings. The average Bonchev–Trinajstić information content (AvgIpc) is 0.940. The van der Waals surface area contributed by atoms with E-state index in [1.54, 1.807) is 6.92 Å². The van der Waals surface area contributed by atoms with Crippen molar-refractivity contribution in [1.29, 1.82) is 0 Å². The van der Waals surface area contributed by atoms with Crippen molar-refractivity contribution in [1.82, 2.24) is 37.2 Å². The van der Waals surface area contributed by atoms with Crippen LogP contribution in [0, 0.1) is 29.6 Å². The van der Waals surface area contributed by atoms with Gasteiger partial charge in [-0.25, -0.2) is 28.8 Å². The number of carbonyl (C=O) groups is 22. The van der Waals surface area contributed by atoms with Gasteiger partial charge in [0.05, 0.1) is 23.7 Å². The average molecular weight is 1500 g/mol. The van der Waals surface area contributed by atoms with Gasteiger partial charge in [0, 0.05) is 102 Å². The number of rotatable bonds is 62. The maximum atomic E-state index is 12.9. The quantitative estimate of drug-likeness (QED) is 0.0316. The monoisotopic (exact) mass is 1500 g/mol. The van der Waals surface area contributed by atoms with Gasteiger partial charge in [0.2, 0.25) is 41.4 Å². The number of amides is 7. The number of aliphatic hydroxyl groups excluding tert-OH is 1. The number of carboxylic acid groups (broad SMARTS) is 10. The molecule has 0 saturated carbocycles. The van der Waals surface area contributed by atoms with Crippen LogP contribution < -0.4 is 37.2 Å². The van der Waals surface area contributed by atoms with Crippen molar-refractivity contribution in [3.05, 3.63) is 0 Å². The van der Waals surface area contributed by atoms with Gasteiger partial charge in [-0.3, -0.25) is 71.9 Å². The van der Waals surface area contributed by atoms with Gasteiger partial charge >= 0.3 is 59.7 Å². The third-order valence-corrected chi connectivity index (χ3v) is 16.6. The van der Waals surface area contributed by atoms with Crippen LogP contribution in [-0.2, 0) is 105 Å². The summed E-state index contributed by atoms with van der Waals surface area (Å²) < 4.78 is 0. The smallest absolute Gasteiger partial charge is 0.326 e. The predicted octanol–water partition coefficient (Wildman–Crippen LogP) is -1.26. The lowest BCUT2D eigenvalue weighted by Crippen LogP contribution is -2.45. The molecule has 0 aromatic heterocycles. The largest absolute Gasteiger partial charge is 0.481 e. The molecule has 40 heteroatoms. The highest BCUT2D eigenvalue weighted by Gasteiger charge is 2.33. The van der Waals surface area contributed by atoms with Crippen LogP contribution >= 0.6 is 0 Å². The van der Waals surface area contributed by atoms with E-state index in [1.807, 2.05) is 10.6 Å². The summed E-state index contributed by atoms with van der Waals surface area (Å²) in [5.41, 5.74) is 0. The van der Waals surface area contributed by atoms with E-state index in [0.29, 0.717) is 25.7 Å². The molecule has 0 rings (SSSR count). The maximum absolute atomic E-state index is 12.9. The lowest BCUT2D eigenvalue weighted by atomic mass is 9.93. The molecule has 0 radical (unpaired) electrons. The first-order valence-corrected chi connectivity index (χ1v) is 33.6. The van der Waals surface area contributed by atoms with Crippen molar-refractivity contribution in [3.63, 3.8) is 0 Å². The van der Waals surface area contributed by atoms with E-state index < -0.39 is 319 Å². The number of unbranched alkanes of at least 4 members (excludes halogenated alkanes) is 1. The molecule has 0 saturated heterocycles. The number of carboxylic acids is 10. The van der Waals surface area contributed by atoms with Crippen molar-refractivity contribution in [2.24, 2.45) is 29.6 Å². The van der Waals surface area contributed by atoms with Gasteiger partial charge in [-0.05, 0) is 90.4 Å². The van der Waals surface area contributed by atoms with Crippen LogP contribution in [0.3, 0.4) is 0 Å². The molecule has 0 aromatic rings. The van der Waals surface area contributed by atoms with Crippen LogP contribution in [0.1, 0.15) is 194 Å². The molecule has 0 aliphatic heterocycles. The number of hydrogen-bond donors (Lipinski definition) is 18. The van der Waals surface area contributed by atoms with Crippen LogP contribution in [-0.4, -0.2) is 236 Å². The van der Waals surface area contributed by atoms with Gasteiger partial charge in [-0.1, -0.05) is 13.3 Å².